The molecule has 1 aromatic carbocycles. The van der Waals surface area contributed by atoms with Crippen LogP contribution in [0.4, 0.5) is 0 Å². The quantitative estimate of drug-likeness (QED) is 0.742. The van der Waals surface area contributed by atoms with E-state index in [-0.39, 0.29) is 41.5 Å². The minimum absolute atomic E-state index is 0.00734. The molecule has 1 aromatic rings. The molecule has 2 fully saturated rings. The first kappa shape index (κ1) is 23.3. The molecule has 0 unspecified atom stereocenters. The molecule has 2 saturated heterocycles. The van der Waals surface area contributed by atoms with E-state index in [4.69, 9.17) is 18.8 Å². The number of ether oxygens (including phenoxy) is 2. The molecule has 2 aliphatic heterocycles. The van der Waals surface area contributed by atoms with Gasteiger partial charge in [-0.3, -0.25) is 4.18 Å². The van der Waals surface area contributed by atoms with Gasteiger partial charge in [0, 0.05) is 0 Å². The van der Waals surface area contributed by atoms with Gasteiger partial charge in [-0.05, 0) is 72.4 Å². The number of benzene rings is 1. The molecule has 7 heteroatoms. The Morgan fingerprint density at radius 1 is 1.00 bits per heavy atom. The number of aliphatic hydroxyl groups is 1. The lowest BCUT2D eigenvalue weighted by Crippen LogP contribution is -2.24. The van der Waals surface area contributed by atoms with Gasteiger partial charge in [-0.2, -0.15) is 8.42 Å². The average molecular weight is 415 g/mol. The number of aliphatic hydroxyl groups excluding tert-OH is 1. The Morgan fingerprint density at radius 2 is 1.50 bits per heavy atom. The molecular formula is C21H34O6S. The Labute approximate surface area is 169 Å². The van der Waals surface area contributed by atoms with Crippen molar-refractivity contribution in [2.45, 2.75) is 88.6 Å². The Bertz CT molecular complexity index is 724. The second-order valence-corrected chi connectivity index (χ2v) is 10.4. The summed E-state index contributed by atoms with van der Waals surface area (Å²) in [6.07, 6.45) is 3.78. The van der Waals surface area contributed by atoms with Crippen LogP contribution in [0.5, 0.6) is 0 Å². The summed E-state index contributed by atoms with van der Waals surface area (Å²) in [4.78, 5) is 0.190. The lowest BCUT2D eigenvalue weighted by Gasteiger charge is -2.19. The fourth-order valence-electron chi connectivity index (χ4n) is 3.34. The molecule has 2 atom stereocenters. The van der Waals surface area contributed by atoms with E-state index in [0.717, 1.165) is 31.2 Å². The Morgan fingerprint density at radius 3 is 1.89 bits per heavy atom. The van der Waals surface area contributed by atoms with Crippen LogP contribution in [0.3, 0.4) is 0 Å². The van der Waals surface area contributed by atoms with Crippen molar-refractivity contribution in [3.63, 3.8) is 0 Å². The van der Waals surface area contributed by atoms with E-state index < -0.39 is 10.1 Å². The van der Waals surface area contributed by atoms with E-state index in [1.54, 1.807) is 24.3 Å². The van der Waals surface area contributed by atoms with Crippen LogP contribution < -0.4 is 0 Å². The van der Waals surface area contributed by atoms with Crippen molar-refractivity contribution < 1.29 is 27.2 Å². The minimum atomic E-state index is -3.68. The van der Waals surface area contributed by atoms with Gasteiger partial charge in [0.05, 0.1) is 41.5 Å². The van der Waals surface area contributed by atoms with Crippen LogP contribution in [0, 0.1) is 6.92 Å². The molecule has 0 spiro atoms. The van der Waals surface area contributed by atoms with Gasteiger partial charge in [0.15, 0.2) is 0 Å². The number of rotatable bonds is 5. The normalized spacial score (nSPS) is 25.9. The van der Waals surface area contributed by atoms with Crippen LogP contribution in [0.2, 0.25) is 0 Å². The summed E-state index contributed by atoms with van der Waals surface area (Å²) in [6.45, 7) is 10.3. The Balaban J connectivity index is 0.000000261. The van der Waals surface area contributed by atoms with Gasteiger partial charge in [-0.15, -0.1) is 0 Å². The molecule has 6 nitrogen and oxygen atoms in total. The zero-order valence-electron chi connectivity index (χ0n) is 17.6. The molecule has 0 bridgehead atoms. The van der Waals surface area contributed by atoms with Crippen molar-refractivity contribution in [1.82, 2.24) is 0 Å². The van der Waals surface area contributed by atoms with Gasteiger partial charge in [0.1, 0.15) is 0 Å². The fourth-order valence-corrected chi connectivity index (χ4v) is 4.28. The molecule has 0 amide bonds. The summed E-state index contributed by atoms with van der Waals surface area (Å²) in [6, 6.07) is 6.63. The average Bonchev–Trinajstić information content (AvgIpc) is 3.15. The predicted molar refractivity (Wildman–Crippen MR) is 108 cm³/mol. The lowest BCUT2D eigenvalue weighted by atomic mass is 10.1. The molecule has 3 rings (SSSR count). The van der Waals surface area contributed by atoms with Gasteiger partial charge in [-0.1, -0.05) is 17.7 Å². The molecule has 0 aliphatic carbocycles. The first-order chi connectivity index (χ1) is 12.9. The van der Waals surface area contributed by atoms with Crippen molar-refractivity contribution in [2.75, 3.05) is 13.2 Å². The van der Waals surface area contributed by atoms with Gasteiger partial charge in [0.25, 0.3) is 10.1 Å². The lowest BCUT2D eigenvalue weighted by molar-refractivity contribution is -0.0370. The first-order valence-corrected chi connectivity index (χ1v) is 11.3. The van der Waals surface area contributed by atoms with E-state index in [9.17, 15) is 8.42 Å². The van der Waals surface area contributed by atoms with E-state index >= 15 is 0 Å². The summed E-state index contributed by atoms with van der Waals surface area (Å²) < 4.78 is 40.2. The molecule has 2 aliphatic rings. The number of aryl methyl sites for hydroxylation is 1. The summed E-state index contributed by atoms with van der Waals surface area (Å²) in [5.41, 5.74) is 0.842. The fraction of sp³-hybridized carbons (Fsp3) is 0.714. The van der Waals surface area contributed by atoms with Gasteiger partial charge < -0.3 is 14.6 Å². The highest BCUT2D eigenvalue weighted by Crippen LogP contribution is 2.30. The smallest absolute Gasteiger partial charge is 0.297 e. The van der Waals surface area contributed by atoms with Gasteiger partial charge in [-0.25, -0.2) is 0 Å². The zero-order chi connectivity index (χ0) is 21.0. The second kappa shape index (κ2) is 9.22. The summed E-state index contributed by atoms with van der Waals surface area (Å²) >= 11 is 0. The van der Waals surface area contributed by atoms with Crippen molar-refractivity contribution >= 4 is 10.1 Å². The maximum Gasteiger partial charge on any atom is 0.297 e. The molecule has 0 radical (unpaired) electrons. The van der Waals surface area contributed by atoms with E-state index in [1.807, 2.05) is 20.8 Å². The summed E-state index contributed by atoms with van der Waals surface area (Å²) in [5, 5.41) is 8.67. The molecule has 1 N–H and O–H groups in total. The van der Waals surface area contributed by atoms with Crippen LogP contribution in [0.15, 0.2) is 29.2 Å². The standard InChI is InChI=1S/C14H20O4S.C7H14O2/c1-11-4-6-13(7-5-11)19(15,16)17-10-12-8-9-14(2,3)18-12;1-7(2)4-3-6(5-8)9-7/h4-7,12H,8-10H2,1-3H3;6,8H,3-5H2,1-2H3/t12-;6-/m11/s1. The highest BCUT2D eigenvalue weighted by atomic mass is 32.2. The molecular weight excluding hydrogens is 380 g/mol. The third kappa shape index (κ3) is 7.12. The van der Waals surface area contributed by atoms with Crippen LogP contribution in [-0.4, -0.2) is 50.1 Å². The van der Waals surface area contributed by atoms with Crippen molar-refractivity contribution in [2.24, 2.45) is 0 Å². The molecule has 0 aromatic heterocycles. The molecule has 2 heterocycles. The maximum absolute atomic E-state index is 12.0. The van der Waals surface area contributed by atoms with Crippen LogP contribution in [0.25, 0.3) is 0 Å². The van der Waals surface area contributed by atoms with Crippen molar-refractivity contribution in [3.8, 4) is 0 Å². The van der Waals surface area contributed by atoms with E-state index in [2.05, 4.69) is 13.8 Å². The molecule has 0 saturated carbocycles. The third-order valence-electron chi connectivity index (χ3n) is 5.03. The van der Waals surface area contributed by atoms with E-state index in [1.165, 1.54) is 0 Å². The molecule has 160 valence electrons. The van der Waals surface area contributed by atoms with Crippen molar-refractivity contribution in [3.05, 3.63) is 29.8 Å². The summed E-state index contributed by atoms with van der Waals surface area (Å²) in [7, 11) is -3.68. The maximum atomic E-state index is 12.0. The highest BCUT2D eigenvalue weighted by Gasteiger charge is 2.33. The zero-order valence-corrected chi connectivity index (χ0v) is 18.4. The minimum Gasteiger partial charge on any atom is -0.394 e. The van der Waals surface area contributed by atoms with Crippen LogP contribution >= 0.6 is 0 Å². The highest BCUT2D eigenvalue weighted by molar-refractivity contribution is 7.86. The summed E-state index contributed by atoms with van der Waals surface area (Å²) in [5.74, 6) is 0. The van der Waals surface area contributed by atoms with Gasteiger partial charge in [0.2, 0.25) is 0 Å². The topological polar surface area (TPSA) is 82.1 Å². The monoisotopic (exact) mass is 414 g/mol. The first-order valence-electron chi connectivity index (χ1n) is 9.85. The Kier molecular flexibility index (Phi) is 7.67. The van der Waals surface area contributed by atoms with Gasteiger partial charge >= 0.3 is 0 Å². The van der Waals surface area contributed by atoms with Crippen molar-refractivity contribution in [1.29, 1.82) is 0 Å². The van der Waals surface area contributed by atoms with Crippen LogP contribution in [-0.2, 0) is 23.8 Å². The number of hydrogen-bond acceptors (Lipinski definition) is 6. The Hall–Kier alpha value is -0.990. The third-order valence-corrected chi connectivity index (χ3v) is 6.33. The van der Waals surface area contributed by atoms with Crippen LogP contribution in [0.1, 0.15) is 58.9 Å². The second-order valence-electron chi connectivity index (χ2n) is 8.81. The number of hydrogen-bond donors (Lipinski definition) is 1. The SMILES string of the molecule is CC1(C)CC[C@H](CO)O1.Cc1ccc(S(=O)(=O)OC[C@H]2CCC(C)(C)O2)cc1. The largest absolute Gasteiger partial charge is 0.394 e. The van der Waals surface area contributed by atoms with E-state index in [0.29, 0.717) is 0 Å². The molecule has 28 heavy (non-hydrogen) atoms. The predicted octanol–water partition coefficient (Wildman–Crippen LogP) is 3.59.